The number of aromatic nitrogens is 5. The van der Waals surface area contributed by atoms with Crippen LogP contribution in [0.5, 0.6) is 0 Å². The second-order valence-electron chi connectivity index (χ2n) is 6.69. The van der Waals surface area contributed by atoms with Crippen molar-refractivity contribution in [2.75, 3.05) is 6.54 Å². The van der Waals surface area contributed by atoms with E-state index in [9.17, 15) is 9.18 Å². The lowest BCUT2D eigenvalue weighted by molar-refractivity contribution is 0.0946. The molecule has 0 spiro atoms. The van der Waals surface area contributed by atoms with Gasteiger partial charge in [0.2, 0.25) is 0 Å². The van der Waals surface area contributed by atoms with Gasteiger partial charge in [0.1, 0.15) is 11.5 Å². The number of pyridine rings is 1. The van der Waals surface area contributed by atoms with Crippen LogP contribution in [0, 0.1) is 5.82 Å². The van der Waals surface area contributed by atoms with Crippen LogP contribution in [0.1, 0.15) is 17.4 Å². The molecule has 0 bridgehead atoms. The van der Waals surface area contributed by atoms with Gasteiger partial charge in [0.25, 0.3) is 5.91 Å². The van der Waals surface area contributed by atoms with E-state index in [0.717, 1.165) is 22.4 Å². The molecular weight excluding hydrogens is 383 g/mol. The molecule has 4 rings (SSSR count). The fraction of sp³-hybridized carbons (Fsp3) is 0.182. The van der Waals surface area contributed by atoms with Crippen molar-refractivity contribution in [3.8, 4) is 22.4 Å². The highest BCUT2D eigenvalue weighted by Crippen LogP contribution is 2.31. The zero-order valence-corrected chi connectivity index (χ0v) is 16.5. The van der Waals surface area contributed by atoms with Crippen LogP contribution >= 0.6 is 0 Å². The minimum atomic E-state index is -0.297. The SMILES string of the molecule is CCn1ccc(C(=O)NCCn2ncc(-c3ccncc3)c2-c2ccc(F)cc2)n1. The largest absolute Gasteiger partial charge is 0.349 e. The predicted molar refractivity (Wildman–Crippen MR) is 111 cm³/mol. The molecule has 7 nitrogen and oxygen atoms in total. The predicted octanol–water partition coefficient (Wildman–Crippen LogP) is 3.40. The quantitative estimate of drug-likeness (QED) is 0.512. The number of carbonyl (C=O) groups excluding carboxylic acids is 1. The first-order valence-corrected chi connectivity index (χ1v) is 9.69. The molecule has 3 aromatic heterocycles. The molecule has 1 aromatic carbocycles. The molecule has 0 aliphatic rings. The molecule has 1 amide bonds. The van der Waals surface area contributed by atoms with Gasteiger partial charge >= 0.3 is 0 Å². The maximum absolute atomic E-state index is 13.4. The summed E-state index contributed by atoms with van der Waals surface area (Å²) in [6, 6.07) is 11.8. The number of hydrogen-bond donors (Lipinski definition) is 1. The average Bonchev–Trinajstić information content (AvgIpc) is 3.42. The molecular formula is C22H21FN6O. The summed E-state index contributed by atoms with van der Waals surface area (Å²) in [5, 5.41) is 11.6. The van der Waals surface area contributed by atoms with Crippen LogP contribution in [0.4, 0.5) is 4.39 Å². The van der Waals surface area contributed by atoms with Crippen molar-refractivity contribution in [3.63, 3.8) is 0 Å². The van der Waals surface area contributed by atoms with Gasteiger partial charge in [0.15, 0.2) is 0 Å². The Bertz CT molecular complexity index is 1130. The van der Waals surface area contributed by atoms with Crippen molar-refractivity contribution in [2.24, 2.45) is 0 Å². The molecule has 0 radical (unpaired) electrons. The van der Waals surface area contributed by atoms with Gasteiger partial charge in [-0.15, -0.1) is 0 Å². The third-order valence-electron chi connectivity index (χ3n) is 4.75. The Balaban J connectivity index is 1.56. The highest BCUT2D eigenvalue weighted by molar-refractivity contribution is 5.92. The van der Waals surface area contributed by atoms with E-state index in [2.05, 4.69) is 20.5 Å². The number of carbonyl (C=O) groups is 1. The highest BCUT2D eigenvalue weighted by Gasteiger charge is 2.15. The summed E-state index contributed by atoms with van der Waals surface area (Å²) in [6.45, 7) is 3.50. The van der Waals surface area contributed by atoms with Crippen molar-refractivity contribution in [2.45, 2.75) is 20.0 Å². The van der Waals surface area contributed by atoms with Gasteiger partial charge in [-0.25, -0.2) is 4.39 Å². The van der Waals surface area contributed by atoms with Gasteiger partial charge in [-0.1, -0.05) is 0 Å². The van der Waals surface area contributed by atoms with Crippen molar-refractivity contribution in [1.82, 2.24) is 29.9 Å². The molecule has 30 heavy (non-hydrogen) atoms. The molecule has 8 heteroatoms. The topological polar surface area (TPSA) is 77.6 Å². The van der Waals surface area contributed by atoms with Gasteiger partial charge in [0, 0.05) is 42.8 Å². The van der Waals surface area contributed by atoms with E-state index in [4.69, 9.17) is 0 Å². The minimum absolute atomic E-state index is 0.230. The standard InChI is InChI=1S/C22H21FN6O/c1-2-28-13-9-20(27-28)22(30)25-12-14-29-21(17-3-5-18(23)6-4-17)19(15-26-29)16-7-10-24-11-8-16/h3-11,13,15H,2,12,14H2,1H3,(H,25,30). The van der Waals surface area contributed by atoms with Crippen LogP contribution in [0.2, 0.25) is 0 Å². The number of hydrogen-bond acceptors (Lipinski definition) is 4. The molecule has 0 unspecified atom stereocenters. The van der Waals surface area contributed by atoms with E-state index >= 15 is 0 Å². The lowest BCUT2D eigenvalue weighted by atomic mass is 10.0. The highest BCUT2D eigenvalue weighted by atomic mass is 19.1. The lowest BCUT2D eigenvalue weighted by Gasteiger charge is -2.11. The molecule has 152 valence electrons. The molecule has 1 N–H and O–H groups in total. The van der Waals surface area contributed by atoms with E-state index in [1.54, 1.807) is 47.7 Å². The van der Waals surface area contributed by atoms with E-state index in [-0.39, 0.29) is 11.7 Å². The Morgan fingerprint density at radius 3 is 2.53 bits per heavy atom. The zero-order chi connectivity index (χ0) is 20.9. The average molecular weight is 404 g/mol. The Morgan fingerprint density at radius 1 is 1.07 bits per heavy atom. The maximum Gasteiger partial charge on any atom is 0.271 e. The first-order chi connectivity index (χ1) is 14.7. The number of nitrogens with one attached hydrogen (secondary N) is 1. The Hall–Kier alpha value is -3.81. The smallest absolute Gasteiger partial charge is 0.271 e. The van der Waals surface area contributed by atoms with Crippen molar-refractivity contribution in [1.29, 1.82) is 0 Å². The van der Waals surface area contributed by atoms with Crippen LogP contribution in [0.25, 0.3) is 22.4 Å². The van der Waals surface area contributed by atoms with E-state index in [0.29, 0.717) is 25.3 Å². The Labute approximate surface area is 173 Å². The van der Waals surface area contributed by atoms with E-state index in [1.807, 2.05) is 23.7 Å². The van der Waals surface area contributed by atoms with Crippen molar-refractivity contribution in [3.05, 3.63) is 78.8 Å². The second-order valence-corrected chi connectivity index (χ2v) is 6.69. The molecule has 3 heterocycles. The molecule has 0 saturated heterocycles. The van der Waals surface area contributed by atoms with Gasteiger partial charge < -0.3 is 5.32 Å². The minimum Gasteiger partial charge on any atom is -0.349 e. The second kappa shape index (κ2) is 8.69. The third kappa shape index (κ3) is 4.12. The number of halogens is 1. The summed E-state index contributed by atoms with van der Waals surface area (Å²) >= 11 is 0. The molecule has 0 aliphatic heterocycles. The first-order valence-electron chi connectivity index (χ1n) is 9.69. The van der Waals surface area contributed by atoms with Crippen molar-refractivity contribution < 1.29 is 9.18 Å². The van der Waals surface area contributed by atoms with Gasteiger partial charge in [0.05, 0.1) is 18.4 Å². The monoisotopic (exact) mass is 404 g/mol. The summed E-state index contributed by atoms with van der Waals surface area (Å²) in [6.07, 6.45) is 6.99. The zero-order valence-electron chi connectivity index (χ0n) is 16.5. The van der Waals surface area contributed by atoms with E-state index in [1.165, 1.54) is 12.1 Å². The number of nitrogens with zero attached hydrogens (tertiary/aromatic N) is 5. The molecule has 4 aromatic rings. The number of aryl methyl sites for hydroxylation is 1. The maximum atomic E-state index is 13.4. The van der Waals surface area contributed by atoms with Gasteiger partial charge in [-0.2, -0.15) is 10.2 Å². The Kier molecular flexibility index (Phi) is 5.65. The van der Waals surface area contributed by atoms with Crippen LogP contribution in [-0.2, 0) is 13.1 Å². The van der Waals surface area contributed by atoms with Crippen LogP contribution < -0.4 is 5.32 Å². The molecule has 0 fully saturated rings. The van der Waals surface area contributed by atoms with Crippen molar-refractivity contribution >= 4 is 5.91 Å². The summed E-state index contributed by atoms with van der Waals surface area (Å²) in [5.74, 6) is -0.527. The number of benzene rings is 1. The summed E-state index contributed by atoms with van der Waals surface area (Å²) in [4.78, 5) is 16.4. The van der Waals surface area contributed by atoms with E-state index < -0.39 is 0 Å². The fourth-order valence-electron chi connectivity index (χ4n) is 3.23. The van der Waals surface area contributed by atoms with Crippen LogP contribution in [0.3, 0.4) is 0 Å². The third-order valence-corrected chi connectivity index (χ3v) is 4.75. The first kappa shape index (κ1) is 19.5. The number of rotatable bonds is 7. The van der Waals surface area contributed by atoms with Gasteiger partial charge in [-0.05, 0) is 55.0 Å². The lowest BCUT2D eigenvalue weighted by Crippen LogP contribution is -2.28. The summed E-state index contributed by atoms with van der Waals surface area (Å²) < 4.78 is 17.0. The summed E-state index contributed by atoms with van der Waals surface area (Å²) in [5.41, 5.74) is 3.95. The van der Waals surface area contributed by atoms with Crippen LogP contribution in [0.15, 0.2) is 67.3 Å². The summed E-state index contributed by atoms with van der Waals surface area (Å²) in [7, 11) is 0. The normalized spacial score (nSPS) is 10.9. The molecule has 0 saturated carbocycles. The Morgan fingerprint density at radius 2 is 1.83 bits per heavy atom. The fourth-order valence-corrected chi connectivity index (χ4v) is 3.23. The molecule has 0 aliphatic carbocycles. The van der Waals surface area contributed by atoms with Crippen LogP contribution in [-0.4, -0.2) is 37.0 Å². The molecule has 0 atom stereocenters. The number of amides is 1. The van der Waals surface area contributed by atoms with Gasteiger partial charge in [-0.3, -0.25) is 19.1 Å².